The molecule has 0 heterocycles. The molecule has 0 radical (unpaired) electrons. The van der Waals surface area contributed by atoms with Crippen LogP contribution >= 0.6 is 0 Å². The van der Waals surface area contributed by atoms with Crippen LogP contribution in [-0.4, -0.2) is 25.2 Å². The topological polar surface area (TPSA) is 67.8 Å². The van der Waals surface area contributed by atoms with Crippen molar-refractivity contribution in [3.05, 3.63) is 53.1 Å². The van der Waals surface area contributed by atoms with Gasteiger partial charge in [-0.1, -0.05) is 12.1 Å². The molecule has 0 unspecified atom stereocenters. The van der Waals surface area contributed by atoms with Crippen LogP contribution in [0.25, 0.3) is 0 Å². The SMILES string of the molecule is COc1cc(C)c([C@@H](C)NC(=O)Cc2cccc(O)c2)cc1OC. The number of aromatic hydroxyl groups is 1. The van der Waals surface area contributed by atoms with E-state index in [0.29, 0.717) is 11.5 Å². The van der Waals surface area contributed by atoms with Gasteiger partial charge >= 0.3 is 0 Å². The first-order chi connectivity index (χ1) is 11.4. The Morgan fingerprint density at radius 1 is 1.17 bits per heavy atom. The number of carbonyl (C=O) groups is 1. The van der Waals surface area contributed by atoms with Crippen molar-refractivity contribution in [3.63, 3.8) is 0 Å². The van der Waals surface area contributed by atoms with Crippen molar-refractivity contribution in [2.24, 2.45) is 0 Å². The molecule has 0 saturated carbocycles. The highest BCUT2D eigenvalue weighted by atomic mass is 16.5. The second-order valence-electron chi connectivity index (χ2n) is 5.70. The number of carbonyl (C=O) groups excluding carboxylic acids is 1. The third kappa shape index (κ3) is 4.19. The second-order valence-corrected chi connectivity index (χ2v) is 5.70. The van der Waals surface area contributed by atoms with Crippen LogP contribution in [0.5, 0.6) is 17.2 Å². The van der Waals surface area contributed by atoms with Gasteiger partial charge in [0.05, 0.1) is 26.7 Å². The summed E-state index contributed by atoms with van der Waals surface area (Å²) in [6.07, 6.45) is 0.213. The van der Waals surface area contributed by atoms with Crippen LogP contribution in [0.3, 0.4) is 0 Å². The van der Waals surface area contributed by atoms with Gasteiger partial charge in [-0.25, -0.2) is 0 Å². The number of phenols is 1. The standard InChI is InChI=1S/C19H23NO4/c1-12-8-17(23-3)18(24-4)11-16(12)13(2)20-19(22)10-14-6-5-7-15(21)9-14/h5-9,11,13,21H,10H2,1-4H3,(H,20,22)/t13-/m1/s1. The molecule has 0 aliphatic rings. The van der Waals surface area contributed by atoms with E-state index in [0.717, 1.165) is 16.7 Å². The molecule has 0 aromatic heterocycles. The Morgan fingerprint density at radius 3 is 2.46 bits per heavy atom. The lowest BCUT2D eigenvalue weighted by Crippen LogP contribution is -2.28. The molecule has 2 aromatic carbocycles. The van der Waals surface area contributed by atoms with Crippen LogP contribution < -0.4 is 14.8 Å². The number of phenolic OH excluding ortho intramolecular Hbond substituents is 1. The zero-order valence-electron chi connectivity index (χ0n) is 14.4. The molecule has 5 nitrogen and oxygen atoms in total. The number of ether oxygens (including phenoxy) is 2. The molecule has 0 aliphatic carbocycles. The minimum absolute atomic E-state index is 0.109. The number of hydrogen-bond donors (Lipinski definition) is 2. The summed E-state index contributed by atoms with van der Waals surface area (Å²) in [7, 11) is 3.18. The summed E-state index contributed by atoms with van der Waals surface area (Å²) < 4.78 is 10.6. The van der Waals surface area contributed by atoms with Crippen molar-refractivity contribution in [1.82, 2.24) is 5.32 Å². The average molecular weight is 329 g/mol. The molecule has 0 bridgehead atoms. The molecule has 1 atom stereocenters. The molecule has 2 aromatic rings. The molecule has 2 rings (SSSR count). The predicted octanol–water partition coefficient (Wildman–Crippen LogP) is 3.14. The Morgan fingerprint density at radius 2 is 1.83 bits per heavy atom. The molecule has 24 heavy (non-hydrogen) atoms. The highest BCUT2D eigenvalue weighted by Crippen LogP contribution is 2.32. The van der Waals surface area contributed by atoms with Crippen LogP contribution in [0.15, 0.2) is 36.4 Å². The number of aryl methyl sites for hydroxylation is 1. The minimum Gasteiger partial charge on any atom is -0.508 e. The Hall–Kier alpha value is -2.69. The summed E-state index contributed by atoms with van der Waals surface area (Å²) in [4.78, 5) is 12.2. The van der Waals surface area contributed by atoms with Crippen molar-refractivity contribution < 1.29 is 19.4 Å². The van der Waals surface area contributed by atoms with Gasteiger partial charge in [0.15, 0.2) is 11.5 Å². The van der Waals surface area contributed by atoms with E-state index in [-0.39, 0.29) is 24.1 Å². The van der Waals surface area contributed by atoms with Gasteiger partial charge < -0.3 is 19.9 Å². The maximum atomic E-state index is 12.2. The van der Waals surface area contributed by atoms with Gasteiger partial charge in [0.25, 0.3) is 0 Å². The van der Waals surface area contributed by atoms with Crippen LogP contribution in [0, 0.1) is 6.92 Å². The fourth-order valence-corrected chi connectivity index (χ4v) is 2.68. The number of methoxy groups -OCH3 is 2. The summed E-state index contributed by atoms with van der Waals surface area (Å²) >= 11 is 0. The van der Waals surface area contributed by atoms with Crippen LogP contribution in [0.4, 0.5) is 0 Å². The van der Waals surface area contributed by atoms with Gasteiger partial charge in [-0.05, 0) is 54.8 Å². The summed E-state index contributed by atoms with van der Waals surface area (Å²) in [5, 5.41) is 12.4. The average Bonchev–Trinajstić information content (AvgIpc) is 2.54. The highest BCUT2D eigenvalue weighted by Gasteiger charge is 2.16. The molecule has 0 spiro atoms. The molecule has 0 saturated heterocycles. The Bertz CT molecular complexity index is 727. The third-order valence-electron chi connectivity index (χ3n) is 3.89. The van der Waals surface area contributed by atoms with Gasteiger partial charge in [0.2, 0.25) is 5.91 Å². The maximum absolute atomic E-state index is 12.2. The van der Waals surface area contributed by atoms with E-state index in [2.05, 4.69) is 5.32 Å². The summed E-state index contributed by atoms with van der Waals surface area (Å²) in [6.45, 7) is 3.89. The van der Waals surface area contributed by atoms with Gasteiger partial charge in [-0.3, -0.25) is 4.79 Å². The molecule has 128 valence electrons. The molecule has 1 amide bonds. The van der Waals surface area contributed by atoms with Crippen molar-refractivity contribution in [3.8, 4) is 17.2 Å². The van der Waals surface area contributed by atoms with Gasteiger partial charge in [0, 0.05) is 0 Å². The first-order valence-corrected chi connectivity index (χ1v) is 7.74. The lowest BCUT2D eigenvalue weighted by atomic mass is 10.0. The number of rotatable bonds is 6. The molecule has 2 N–H and O–H groups in total. The van der Waals surface area contributed by atoms with E-state index in [9.17, 15) is 9.90 Å². The zero-order valence-corrected chi connectivity index (χ0v) is 14.4. The summed E-state index contributed by atoms with van der Waals surface area (Å²) in [5.41, 5.74) is 2.75. The monoisotopic (exact) mass is 329 g/mol. The summed E-state index contributed by atoms with van der Waals surface area (Å²) in [6, 6.07) is 10.3. The normalized spacial score (nSPS) is 11.7. The van der Waals surface area contributed by atoms with Crippen LogP contribution in [0.2, 0.25) is 0 Å². The summed E-state index contributed by atoms with van der Waals surface area (Å²) in [5.74, 6) is 1.34. The first kappa shape index (κ1) is 17.7. The van der Waals surface area contributed by atoms with Gasteiger partial charge in [-0.2, -0.15) is 0 Å². The van der Waals surface area contributed by atoms with E-state index < -0.39 is 0 Å². The Labute approximate surface area is 142 Å². The van der Waals surface area contributed by atoms with E-state index in [1.165, 1.54) is 0 Å². The Kier molecular flexibility index (Phi) is 5.68. The highest BCUT2D eigenvalue weighted by molar-refractivity contribution is 5.79. The fraction of sp³-hybridized carbons (Fsp3) is 0.316. The van der Waals surface area contributed by atoms with Crippen LogP contribution in [0.1, 0.15) is 29.7 Å². The molecular formula is C19H23NO4. The molecule has 5 heteroatoms. The second kappa shape index (κ2) is 7.73. The van der Waals surface area contributed by atoms with E-state index >= 15 is 0 Å². The van der Waals surface area contributed by atoms with Crippen molar-refractivity contribution in [1.29, 1.82) is 0 Å². The van der Waals surface area contributed by atoms with Gasteiger partial charge in [-0.15, -0.1) is 0 Å². The lowest BCUT2D eigenvalue weighted by Gasteiger charge is -2.19. The van der Waals surface area contributed by atoms with Crippen molar-refractivity contribution >= 4 is 5.91 Å². The van der Waals surface area contributed by atoms with Crippen LogP contribution in [-0.2, 0) is 11.2 Å². The quantitative estimate of drug-likeness (QED) is 0.854. The maximum Gasteiger partial charge on any atom is 0.224 e. The van der Waals surface area contributed by atoms with E-state index in [1.54, 1.807) is 32.4 Å². The number of benzene rings is 2. The van der Waals surface area contributed by atoms with Gasteiger partial charge in [0.1, 0.15) is 5.75 Å². The predicted molar refractivity (Wildman–Crippen MR) is 92.7 cm³/mol. The largest absolute Gasteiger partial charge is 0.508 e. The number of hydrogen-bond acceptors (Lipinski definition) is 4. The molecule has 0 fully saturated rings. The Balaban J connectivity index is 2.11. The number of nitrogens with one attached hydrogen (secondary N) is 1. The smallest absolute Gasteiger partial charge is 0.224 e. The van der Waals surface area contributed by atoms with Crippen molar-refractivity contribution in [2.75, 3.05) is 14.2 Å². The first-order valence-electron chi connectivity index (χ1n) is 7.74. The zero-order chi connectivity index (χ0) is 17.7. The van der Waals surface area contributed by atoms with E-state index in [1.807, 2.05) is 32.0 Å². The third-order valence-corrected chi connectivity index (χ3v) is 3.89. The fourth-order valence-electron chi connectivity index (χ4n) is 2.68. The molecule has 0 aliphatic heterocycles. The molecular weight excluding hydrogens is 306 g/mol. The minimum atomic E-state index is -0.172. The lowest BCUT2D eigenvalue weighted by molar-refractivity contribution is -0.121. The van der Waals surface area contributed by atoms with Crippen molar-refractivity contribution in [2.45, 2.75) is 26.3 Å². The number of amides is 1. The van der Waals surface area contributed by atoms with E-state index in [4.69, 9.17) is 9.47 Å².